The van der Waals surface area contributed by atoms with E-state index in [1.807, 2.05) is 39.8 Å². The number of anilines is 2. The zero-order valence-corrected chi connectivity index (χ0v) is 20.8. The first-order chi connectivity index (χ1) is 16.4. The van der Waals surface area contributed by atoms with Crippen molar-refractivity contribution >= 4 is 40.6 Å². The molecule has 0 fully saturated rings. The average molecular weight is 496 g/mol. The van der Waals surface area contributed by atoms with Crippen LogP contribution < -0.4 is 21.7 Å². The number of hydrogen-bond donors (Lipinski definition) is 4. The van der Waals surface area contributed by atoms with Crippen LogP contribution in [0.25, 0.3) is 0 Å². The molecule has 0 aliphatic carbocycles. The van der Waals surface area contributed by atoms with Crippen LogP contribution in [0.2, 0.25) is 0 Å². The Balaban J connectivity index is 2.23. The highest BCUT2D eigenvalue weighted by Crippen LogP contribution is 2.34. The Morgan fingerprint density at radius 3 is 2.17 bits per heavy atom. The number of nitrogens with two attached hydrogens (primary N) is 2. The van der Waals surface area contributed by atoms with Gasteiger partial charge in [-0.3, -0.25) is 19.3 Å². The minimum absolute atomic E-state index is 0.00861. The fourth-order valence-electron chi connectivity index (χ4n) is 3.53. The first kappa shape index (κ1) is 25.7. The van der Waals surface area contributed by atoms with Gasteiger partial charge in [0, 0.05) is 11.2 Å². The van der Waals surface area contributed by atoms with E-state index in [4.69, 9.17) is 11.5 Å². The number of carbonyl (C=O) groups is 3. The maximum Gasteiger partial charge on any atom is 0.273 e. The van der Waals surface area contributed by atoms with Crippen molar-refractivity contribution in [2.75, 3.05) is 10.6 Å². The monoisotopic (exact) mass is 495 g/mol. The van der Waals surface area contributed by atoms with Gasteiger partial charge in [0.05, 0.1) is 5.69 Å². The number of hydrogen-bond acceptors (Lipinski definition) is 7. The molecule has 1 unspecified atom stereocenters. The fraction of sp³-hybridized carbons (Fsp3) is 0.280. The molecule has 35 heavy (non-hydrogen) atoms. The molecule has 0 aliphatic heterocycles. The van der Waals surface area contributed by atoms with Crippen LogP contribution in [-0.4, -0.2) is 32.7 Å². The van der Waals surface area contributed by atoms with Crippen molar-refractivity contribution in [3.63, 3.8) is 0 Å². The number of amides is 3. The number of aryl methyl sites for hydroxylation is 1. The highest BCUT2D eigenvalue weighted by Gasteiger charge is 2.37. The first-order valence-corrected chi connectivity index (χ1v) is 11.8. The van der Waals surface area contributed by atoms with Crippen LogP contribution in [0.5, 0.6) is 5.75 Å². The summed E-state index contributed by atoms with van der Waals surface area (Å²) in [5, 5.41) is 12.7. The number of nitrogens with one attached hydrogen (secondary N) is 1. The lowest BCUT2D eigenvalue weighted by Crippen LogP contribution is -2.49. The third-order valence-corrected chi connectivity index (χ3v) is 6.06. The van der Waals surface area contributed by atoms with E-state index in [1.54, 1.807) is 24.3 Å². The van der Waals surface area contributed by atoms with Crippen molar-refractivity contribution in [1.29, 1.82) is 0 Å². The molecule has 3 amide bonds. The molecule has 0 spiro atoms. The molecule has 9 nitrogen and oxygen atoms in total. The molecule has 3 rings (SSSR count). The molecule has 3 aromatic rings. The van der Waals surface area contributed by atoms with Gasteiger partial charge in [-0.1, -0.05) is 31.2 Å². The number of rotatable bonds is 7. The SMILES string of the molecule is CCc1ccc(N(C(=O)c2snc(C(N)=O)c2N)C(C(=O)NC(C)(C)C)c2ccc(O)cc2)cc1. The molecule has 0 saturated heterocycles. The van der Waals surface area contributed by atoms with Gasteiger partial charge in [0.2, 0.25) is 5.91 Å². The molecule has 0 aliphatic rings. The summed E-state index contributed by atoms with van der Waals surface area (Å²) in [6.07, 6.45) is 0.796. The largest absolute Gasteiger partial charge is 0.508 e. The standard InChI is InChI=1S/C25H29N5O4S/c1-5-14-6-10-16(11-7-14)30(24(34)21-18(26)19(22(27)32)29-35-21)20(23(33)28-25(2,3)4)15-8-12-17(31)13-9-15/h6-13,20,31H,5,26H2,1-4H3,(H2,27,32)(H,28,33). The van der Waals surface area contributed by atoms with E-state index in [0.29, 0.717) is 11.3 Å². The zero-order valence-electron chi connectivity index (χ0n) is 20.0. The topological polar surface area (TPSA) is 152 Å². The van der Waals surface area contributed by atoms with Crippen LogP contribution in [0, 0.1) is 0 Å². The van der Waals surface area contributed by atoms with Gasteiger partial charge in [0.15, 0.2) is 5.69 Å². The summed E-state index contributed by atoms with van der Waals surface area (Å²) in [5.74, 6) is -1.88. The Labute approximate surface area is 207 Å². The predicted octanol–water partition coefficient (Wildman–Crippen LogP) is 3.40. The van der Waals surface area contributed by atoms with Gasteiger partial charge < -0.3 is 21.9 Å². The van der Waals surface area contributed by atoms with Crippen LogP contribution in [0.4, 0.5) is 11.4 Å². The lowest BCUT2D eigenvalue weighted by Gasteiger charge is -2.33. The van der Waals surface area contributed by atoms with Crippen molar-refractivity contribution in [2.45, 2.75) is 45.7 Å². The Morgan fingerprint density at radius 2 is 1.69 bits per heavy atom. The lowest BCUT2D eigenvalue weighted by atomic mass is 10.00. The summed E-state index contributed by atoms with van der Waals surface area (Å²) in [6.45, 7) is 7.52. The molecule has 6 N–H and O–H groups in total. The summed E-state index contributed by atoms with van der Waals surface area (Å²) in [4.78, 5) is 40.6. The van der Waals surface area contributed by atoms with E-state index in [0.717, 1.165) is 23.5 Å². The number of carbonyl (C=O) groups excluding carboxylic acids is 3. The molecule has 184 valence electrons. The van der Waals surface area contributed by atoms with Gasteiger partial charge in [0.1, 0.15) is 16.7 Å². The van der Waals surface area contributed by atoms with Crippen molar-refractivity contribution in [1.82, 2.24) is 9.69 Å². The van der Waals surface area contributed by atoms with Crippen LogP contribution in [-0.2, 0) is 11.2 Å². The summed E-state index contributed by atoms with van der Waals surface area (Å²) < 4.78 is 3.95. The third kappa shape index (κ3) is 5.78. The quantitative estimate of drug-likeness (QED) is 0.394. The second kappa shape index (κ2) is 10.1. The number of nitrogen functional groups attached to an aromatic ring is 1. The average Bonchev–Trinajstić information content (AvgIpc) is 3.18. The molecule has 0 saturated carbocycles. The minimum Gasteiger partial charge on any atom is -0.508 e. The van der Waals surface area contributed by atoms with Crippen molar-refractivity contribution in [2.24, 2.45) is 5.73 Å². The maximum atomic E-state index is 13.9. The van der Waals surface area contributed by atoms with Gasteiger partial charge >= 0.3 is 0 Å². The molecule has 2 aromatic carbocycles. The van der Waals surface area contributed by atoms with E-state index in [2.05, 4.69) is 9.69 Å². The molecule has 1 aromatic heterocycles. The highest BCUT2D eigenvalue weighted by atomic mass is 32.1. The van der Waals surface area contributed by atoms with E-state index in [9.17, 15) is 19.5 Å². The van der Waals surface area contributed by atoms with Crippen molar-refractivity contribution in [3.8, 4) is 5.75 Å². The normalized spacial score (nSPS) is 12.1. The Kier molecular flexibility index (Phi) is 7.45. The summed E-state index contributed by atoms with van der Waals surface area (Å²) in [7, 11) is 0. The maximum absolute atomic E-state index is 13.9. The molecule has 0 bridgehead atoms. The fourth-order valence-corrected chi connectivity index (χ4v) is 4.27. The van der Waals surface area contributed by atoms with Gasteiger partial charge in [0.25, 0.3) is 11.8 Å². The zero-order chi connectivity index (χ0) is 25.9. The number of aromatic hydroxyl groups is 1. The summed E-state index contributed by atoms with van der Waals surface area (Å²) >= 11 is 0.744. The number of primary amides is 1. The molecule has 1 heterocycles. The first-order valence-electron chi connectivity index (χ1n) is 11.0. The molecule has 0 radical (unpaired) electrons. The van der Waals surface area contributed by atoms with Gasteiger partial charge in [-0.05, 0) is 74.1 Å². The smallest absolute Gasteiger partial charge is 0.273 e. The molecule has 1 atom stereocenters. The third-order valence-electron chi connectivity index (χ3n) is 5.21. The molecular formula is C25H29N5O4S. The van der Waals surface area contributed by atoms with Crippen LogP contribution >= 0.6 is 11.5 Å². The van der Waals surface area contributed by atoms with Gasteiger partial charge in [-0.25, -0.2) is 0 Å². The minimum atomic E-state index is -1.12. The van der Waals surface area contributed by atoms with Crippen LogP contribution in [0.1, 0.15) is 65.0 Å². The molecule has 10 heteroatoms. The number of phenolic OH excluding ortho intramolecular Hbond substituents is 1. The Morgan fingerprint density at radius 1 is 1.09 bits per heavy atom. The summed E-state index contributed by atoms with van der Waals surface area (Å²) in [6, 6.07) is 12.2. The number of phenols is 1. The van der Waals surface area contributed by atoms with Crippen molar-refractivity contribution < 1.29 is 19.5 Å². The van der Waals surface area contributed by atoms with E-state index < -0.39 is 29.3 Å². The highest BCUT2D eigenvalue weighted by molar-refractivity contribution is 7.09. The van der Waals surface area contributed by atoms with E-state index in [-0.39, 0.29) is 22.0 Å². The second-order valence-electron chi connectivity index (χ2n) is 9.07. The summed E-state index contributed by atoms with van der Waals surface area (Å²) in [5.41, 5.74) is 12.5. The number of nitrogens with zero attached hydrogens (tertiary/aromatic N) is 2. The van der Waals surface area contributed by atoms with Crippen molar-refractivity contribution in [3.05, 3.63) is 70.2 Å². The number of benzene rings is 2. The predicted molar refractivity (Wildman–Crippen MR) is 136 cm³/mol. The van der Waals surface area contributed by atoms with Crippen LogP contribution in [0.3, 0.4) is 0 Å². The second-order valence-corrected chi connectivity index (χ2v) is 9.84. The Bertz CT molecular complexity index is 1230. The van der Waals surface area contributed by atoms with Gasteiger partial charge in [-0.15, -0.1) is 0 Å². The van der Waals surface area contributed by atoms with Crippen LogP contribution in [0.15, 0.2) is 48.5 Å². The lowest BCUT2D eigenvalue weighted by molar-refractivity contribution is -0.123. The van der Waals surface area contributed by atoms with E-state index >= 15 is 0 Å². The number of aromatic nitrogens is 1. The Hall–Kier alpha value is -3.92. The van der Waals surface area contributed by atoms with Gasteiger partial charge in [-0.2, -0.15) is 4.37 Å². The molecular weight excluding hydrogens is 466 g/mol. The van der Waals surface area contributed by atoms with E-state index in [1.165, 1.54) is 17.0 Å².